The van der Waals surface area contributed by atoms with Crippen LogP contribution >= 0.6 is 23.5 Å². The van der Waals surface area contributed by atoms with Crippen LogP contribution in [0.3, 0.4) is 0 Å². The van der Waals surface area contributed by atoms with E-state index in [1.54, 1.807) is 16.7 Å². The van der Waals surface area contributed by atoms with Gasteiger partial charge in [0, 0.05) is 42.5 Å². The number of hydrogen-bond acceptors (Lipinski definition) is 5. The van der Waals surface area contributed by atoms with Crippen molar-refractivity contribution in [2.24, 2.45) is 0 Å². The van der Waals surface area contributed by atoms with Gasteiger partial charge in [0.1, 0.15) is 16.4 Å². The number of aromatic nitrogens is 2. The average molecular weight is 516 g/mol. The smallest absolute Gasteiger partial charge is 0.389 e. The lowest BCUT2D eigenvalue weighted by Crippen LogP contribution is -2.19. The molecular formula is C22H18ClF4N3O3S. The van der Waals surface area contributed by atoms with E-state index in [4.69, 9.17) is 11.6 Å². The Hall–Kier alpha value is -2.63. The van der Waals surface area contributed by atoms with Gasteiger partial charge in [0.15, 0.2) is 0 Å². The Balaban J connectivity index is 1.63. The highest BCUT2D eigenvalue weighted by atomic mass is 35.5. The van der Waals surface area contributed by atoms with Crippen LogP contribution in [0.4, 0.5) is 17.6 Å². The fraction of sp³-hybridized carbons (Fsp3) is 0.318. The zero-order valence-corrected chi connectivity index (χ0v) is 19.0. The summed E-state index contributed by atoms with van der Waals surface area (Å²) in [7, 11) is 0. The summed E-state index contributed by atoms with van der Waals surface area (Å²) in [5, 5.41) is 9.70. The molecule has 0 atom stereocenters. The Morgan fingerprint density at radius 1 is 1.32 bits per heavy atom. The van der Waals surface area contributed by atoms with E-state index in [9.17, 15) is 27.9 Å². The van der Waals surface area contributed by atoms with Crippen molar-refractivity contribution in [3.63, 3.8) is 0 Å². The Morgan fingerprint density at radius 3 is 2.65 bits per heavy atom. The number of hydrogen-bond donors (Lipinski definition) is 2. The molecule has 1 aliphatic rings. The molecule has 1 saturated carbocycles. The van der Waals surface area contributed by atoms with Crippen molar-refractivity contribution in [3.05, 3.63) is 57.2 Å². The highest BCUT2D eigenvalue weighted by Gasteiger charge is 2.29. The second-order valence-corrected chi connectivity index (χ2v) is 9.15. The summed E-state index contributed by atoms with van der Waals surface area (Å²) in [6.07, 6.45) is -0.963. The third-order valence-electron chi connectivity index (χ3n) is 5.32. The third-order valence-corrected chi connectivity index (χ3v) is 6.49. The molecule has 0 unspecified atom stereocenters. The summed E-state index contributed by atoms with van der Waals surface area (Å²) in [5.41, 5.74) is -0.641. The van der Waals surface area contributed by atoms with Crippen molar-refractivity contribution in [2.75, 3.05) is 6.54 Å². The van der Waals surface area contributed by atoms with Gasteiger partial charge in [-0.15, -0.1) is 0 Å². The summed E-state index contributed by atoms with van der Waals surface area (Å²) in [6, 6.07) is 4.10. The summed E-state index contributed by atoms with van der Waals surface area (Å²) >= 11 is 7.62. The number of aromatic carboxylic acids is 1. The van der Waals surface area contributed by atoms with Crippen molar-refractivity contribution in [2.45, 2.75) is 42.9 Å². The molecule has 2 N–H and O–H groups in total. The lowest BCUT2D eigenvalue weighted by atomic mass is 10.0. The summed E-state index contributed by atoms with van der Waals surface area (Å²) in [4.78, 5) is 28.4. The topological polar surface area (TPSA) is 84.2 Å². The second-order valence-electron chi connectivity index (χ2n) is 7.86. The molecule has 0 radical (unpaired) electrons. The number of pyridine rings is 2. The minimum atomic E-state index is -4.20. The predicted molar refractivity (Wildman–Crippen MR) is 121 cm³/mol. The highest BCUT2D eigenvalue weighted by molar-refractivity contribution is 7.97. The lowest BCUT2D eigenvalue weighted by Gasteiger charge is -2.16. The first-order valence-electron chi connectivity index (χ1n) is 10.3. The van der Waals surface area contributed by atoms with Gasteiger partial charge >= 0.3 is 12.1 Å². The molecule has 2 aromatic heterocycles. The van der Waals surface area contributed by atoms with Crippen LogP contribution in [0.2, 0.25) is 5.02 Å². The number of carboxylic acids is 1. The molecule has 6 nitrogen and oxygen atoms in total. The van der Waals surface area contributed by atoms with Gasteiger partial charge in [-0.2, -0.15) is 13.2 Å². The molecule has 0 spiro atoms. The standard InChI is InChI=1S/C22H18ClF4N3O3S/c23-18-17(11-2-5-16(28-9-11)34-29-7-1-6-22(25,26)27)15(24)8-13-19(18)30(12-3-4-12)10-14(20(13)31)21(32)33/h2,5,8-10,12,29H,1,3-4,6-7H2,(H,32,33). The van der Waals surface area contributed by atoms with Crippen LogP contribution in [-0.4, -0.2) is 33.3 Å². The molecule has 2 heterocycles. The molecule has 0 bridgehead atoms. The molecule has 0 aliphatic heterocycles. The Kier molecular flexibility index (Phi) is 6.88. The molecule has 1 fully saturated rings. The van der Waals surface area contributed by atoms with E-state index in [2.05, 4.69) is 9.71 Å². The number of benzene rings is 1. The van der Waals surface area contributed by atoms with E-state index >= 15 is 4.39 Å². The SMILES string of the molecule is O=C(O)c1cn(C2CC2)c2c(Cl)c(-c3ccc(SNCCCC(F)(F)F)nc3)c(F)cc2c1=O. The van der Waals surface area contributed by atoms with E-state index in [0.29, 0.717) is 10.6 Å². The first-order chi connectivity index (χ1) is 16.1. The third kappa shape index (κ3) is 5.21. The van der Waals surface area contributed by atoms with Gasteiger partial charge in [0.05, 0.1) is 15.9 Å². The Labute approximate surface area is 200 Å². The molecule has 0 saturated heterocycles. The van der Waals surface area contributed by atoms with Crippen molar-refractivity contribution >= 4 is 40.4 Å². The quantitative estimate of drug-likeness (QED) is 0.223. The van der Waals surface area contributed by atoms with Gasteiger partial charge in [0.2, 0.25) is 5.43 Å². The number of carbonyl (C=O) groups is 1. The van der Waals surface area contributed by atoms with Gasteiger partial charge in [0.25, 0.3) is 0 Å². The minimum absolute atomic E-state index is 0.0215. The van der Waals surface area contributed by atoms with Crippen LogP contribution in [-0.2, 0) is 0 Å². The predicted octanol–water partition coefficient (Wildman–Crippen LogP) is 5.83. The average Bonchev–Trinajstić information content (AvgIpc) is 3.59. The number of nitrogens with zero attached hydrogens (tertiary/aromatic N) is 2. The van der Waals surface area contributed by atoms with Gasteiger partial charge in [-0.3, -0.25) is 9.52 Å². The van der Waals surface area contributed by atoms with E-state index in [1.165, 1.54) is 12.4 Å². The summed E-state index contributed by atoms with van der Waals surface area (Å²) < 4.78 is 56.1. The number of halogens is 5. The normalized spacial score (nSPS) is 14.0. The van der Waals surface area contributed by atoms with Crippen LogP contribution in [0.25, 0.3) is 22.0 Å². The van der Waals surface area contributed by atoms with Crippen LogP contribution < -0.4 is 10.2 Å². The molecule has 1 aromatic carbocycles. The van der Waals surface area contributed by atoms with E-state index in [0.717, 1.165) is 30.9 Å². The maximum absolute atomic E-state index is 15.1. The zero-order valence-electron chi connectivity index (χ0n) is 17.5. The molecule has 4 rings (SSSR count). The number of nitrogens with one attached hydrogen (secondary N) is 1. The maximum Gasteiger partial charge on any atom is 0.389 e. The van der Waals surface area contributed by atoms with Gasteiger partial charge in [-0.1, -0.05) is 11.6 Å². The van der Waals surface area contributed by atoms with Crippen LogP contribution in [0, 0.1) is 5.82 Å². The Bertz CT molecular complexity index is 1310. The summed E-state index contributed by atoms with van der Waals surface area (Å²) in [6.45, 7) is 0.135. The van der Waals surface area contributed by atoms with Crippen molar-refractivity contribution in [1.29, 1.82) is 0 Å². The molecule has 34 heavy (non-hydrogen) atoms. The van der Waals surface area contributed by atoms with Crippen molar-refractivity contribution < 1.29 is 27.5 Å². The van der Waals surface area contributed by atoms with E-state index < -0.39 is 35.4 Å². The van der Waals surface area contributed by atoms with Gasteiger partial charge in [-0.05, 0) is 49.4 Å². The largest absolute Gasteiger partial charge is 0.477 e. The minimum Gasteiger partial charge on any atom is -0.477 e. The van der Waals surface area contributed by atoms with Crippen LogP contribution in [0.5, 0.6) is 0 Å². The summed E-state index contributed by atoms with van der Waals surface area (Å²) in [5.74, 6) is -2.20. The molecule has 12 heteroatoms. The Morgan fingerprint density at radius 2 is 2.06 bits per heavy atom. The number of rotatable bonds is 8. The lowest BCUT2D eigenvalue weighted by molar-refractivity contribution is -0.135. The molecule has 0 amide bonds. The number of alkyl halides is 3. The van der Waals surface area contributed by atoms with Crippen molar-refractivity contribution in [1.82, 2.24) is 14.3 Å². The molecule has 1 aliphatic carbocycles. The second kappa shape index (κ2) is 9.55. The van der Waals surface area contributed by atoms with Gasteiger partial charge in [-0.25, -0.2) is 14.2 Å². The fourth-order valence-electron chi connectivity index (χ4n) is 3.57. The fourth-order valence-corrected chi connectivity index (χ4v) is 4.61. The van der Waals surface area contributed by atoms with Crippen LogP contribution in [0.1, 0.15) is 42.1 Å². The number of fused-ring (bicyclic) bond motifs is 1. The van der Waals surface area contributed by atoms with E-state index in [-0.39, 0.29) is 40.5 Å². The molecular weight excluding hydrogens is 498 g/mol. The van der Waals surface area contributed by atoms with E-state index in [1.807, 2.05) is 0 Å². The number of carboxylic acid groups (broad SMARTS) is 1. The first-order valence-corrected chi connectivity index (χ1v) is 11.5. The monoisotopic (exact) mass is 515 g/mol. The zero-order chi connectivity index (χ0) is 24.6. The molecule has 3 aromatic rings. The van der Waals surface area contributed by atoms with Gasteiger partial charge < -0.3 is 9.67 Å². The highest BCUT2D eigenvalue weighted by Crippen LogP contribution is 2.42. The first kappa shape index (κ1) is 24.5. The van der Waals surface area contributed by atoms with Crippen molar-refractivity contribution in [3.8, 4) is 11.1 Å². The molecule has 180 valence electrons. The maximum atomic E-state index is 15.1. The van der Waals surface area contributed by atoms with Crippen LogP contribution in [0.15, 0.2) is 40.4 Å².